The number of hydrogen-bond acceptors (Lipinski definition) is 3. The maximum Gasteiger partial charge on any atom is 0.249 e. The third-order valence-corrected chi connectivity index (χ3v) is 6.88. The van der Waals surface area contributed by atoms with Crippen LogP contribution in [0.15, 0.2) is 0 Å². The molecular weight excluding hydrogens is 284 g/mol. The van der Waals surface area contributed by atoms with E-state index >= 15 is 0 Å². The minimum Gasteiger partial charge on any atom is -0.340 e. The van der Waals surface area contributed by atoms with Crippen molar-refractivity contribution in [1.29, 1.82) is 0 Å². The minimum absolute atomic E-state index is 0.0399. The Balaban J connectivity index is 1.85. The number of amides is 2. The van der Waals surface area contributed by atoms with E-state index in [2.05, 4.69) is 12.2 Å². The summed E-state index contributed by atoms with van der Waals surface area (Å²) in [6, 6.07) is -0.289. The van der Waals surface area contributed by atoms with Crippen molar-refractivity contribution in [2.45, 2.75) is 69.2 Å². The van der Waals surface area contributed by atoms with E-state index < -0.39 is 5.54 Å². The van der Waals surface area contributed by atoms with Crippen molar-refractivity contribution in [3.05, 3.63) is 0 Å². The quantitative estimate of drug-likeness (QED) is 0.866. The number of carbonyl (C=O) groups is 2. The van der Waals surface area contributed by atoms with Gasteiger partial charge < -0.3 is 10.2 Å². The van der Waals surface area contributed by atoms with Crippen molar-refractivity contribution in [3.8, 4) is 0 Å². The number of carbonyl (C=O) groups excluding carboxylic acids is 2. The first-order valence-electron chi connectivity index (χ1n) is 8.17. The lowest BCUT2D eigenvalue weighted by Crippen LogP contribution is -2.71. The molecule has 21 heavy (non-hydrogen) atoms. The SMILES string of the molecule is CCC1C(=O)NC(C)(C2CC2)C(=O)N1CC1(C)CCCS1. The molecule has 0 aromatic rings. The molecule has 118 valence electrons. The van der Waals surface area contributed by atoms with Crippen LogP contribution in [0.5, 0.6) is 0 Å². The molecule has 3 aliphatic rings. The molecule has 2 heterocycles. The molecule has 2 saturated heterocycles. The third-order valence-electron chi connectivity index (χ3n) is 5.35. The molecule has 2 amide bonds. The third kappa shape index (κ3) is 2.58. The molecule has 0 radical (unpaired) electrons. The van der Waals surface area contributed by atoms with Crippen molar-refractivity contribution in [2.24, 2.45) is 5.92 Å². The second-order valence-corrected chi connectivity index (χ2v) is 8.91. The summed E-state index contributed by atoms with van der Waals surface area (Å²) in [6.07, 6.45) is 5.16. The van der Waals surface area contributed by atoms with E-state index in [1.807, 2.05) is 30.5 Å². The number of nitrogens with zero attached hydrogens (tertiary/aromatic N) is 1. The molecule has 0 bridgehead atoms. The Morgan fingerprint density at radius 3 is 2.57 bits per heavy atom. The van der Waals surface area contributed by atoms with Crippen molar-refractivity contribution < 1.29 is 9.59 Å². The zero-order chi connectivity index (χ0) is 15.3. The van der Waals surface area contributed by atoms with Gasteiger partial charge in [-0.25, -0.2) is 0 Å². The molecular formula is C16H26N2O2S. The molecule has 0 spiro atoms. The van der Waals surface area contributed by atoms with Crippen LogP contribution in [0.1, 0.15) is 52.9 Å². The molecule has 1 saturated carbocycles. The van der Waals surface area contributed by atoms with Gasteiger partial charge in [0.05, 0.1) is 0 Å². The molecule has 1 aliphatic carbocycles. The molecule has 3 fully saturated rings. The molecule has 5 heteroatoms. The molecule has 3 rings (SSSR count). The molecule has 4 nitrogen and oxygen atoms in total. The van der Waals surface area contributed by atoms with Crippen LogP contribution in [0, 0.1) is 5.92 Å². The summed E-state index contributed by atoms with van der Waals surface area (Å²) >= 11 is 1.95. The van der Waals surface area contributed by atoms with E-state index in [0.717, 1.165) is 19.3 Å². The zero-order valence-electron chi connectivity index (χ0n) is 13.3. The Hall–Kier alpha value is -0.710. The Morgan fingerprint density at radius 1 is 1.33 bits per heavy atom. The Kier molecular flexibility index (Phi) is 3.75. The van der Waals surface area contributed by atoms with Crippen LogP contribution in [0.3, 0.4) is 0 Å². The molecule has 2 aliphatic heterocycles. The van der Waals surface area contributed by atoms with E-state index in [-0.39, 0.29) is 22.6 Å². The van der Waals surface area contributed by atoms with Crippen molar-refractivity contribution >= 4 is 23.6 Å². The normalized spacial score (nSPS) is 40.5. The second-order valence-electron chi connectivity index (χ2n) is 7.22. The fraction of sp³-hybridized carbons (Fsp3) is 0.875. The summed E-state index contributed by atoms with van der Waals surface area (Å²) in [7, 11) is 0. The summed E-state index contributed by atoms with van der Waals surface area (Å²) in [5.74, 6) is 1.68. The van der Waals surface area contributed by atoms with Gasteiger partial charge in [0.2, 0.25) is 11.8 Å². The summed E-state index contributed by atoms with van der Waals surface area (Å²) in [4.78, 5) is 27.5. The lowest BCUT2D eigenvalue weighted by atomic mass is 9.88. The van der Waals surface area contributed by atoms with Gasteiger partial charge in [0.1, 0.15) is 11.6 Å². The van der Waals surface area contributed by atoms with Gasteiger partial charge in [-0.2, -0.15) is 11.8 Å². The van der Waals surface area contributed by atoms with Crippen molar-refractivity contribution in [1.82, 2.24) is 10.2 Å². The summed E-state index contributed by atoms with van der Waals surface area (Å²) in [5, 5.41) is 3.04. The van der Waals surface area contributed by atoms with Crippen LogP contribution in [0.4, 0.5) is 0 Å². The first-order chi connectivity index (χ1) is 9.89. The molecule has 1 N–H and O–H groups in total. The zero-order valence-corrected chi connectivity index (χ0v) is 14.1. The van der Waals surface area contributed by atoms with Crippen LogP contribution in [-0.4, -0.2) is 45.3 Å². The van der Waals surface area contributed by atoms with Gasteiger partial charge in [-0.3, -0.25) is 9.59 Å². The Morgan fingerprint density at radius 2 is 2.05 bits per heavy atom. The summed E-state index contributed by atoms with van der Waals surface area (Å²) < 4.78 is 0.116. The second kappa shape index (κ2) is 5.18. The van der Waals surface area contributed by atoms with Gasteiger partial charge in [0, 0.05) is 11.3 Å². The topological polar surface area (TPSA) is 49.4 Å². The van der Waals surface area contributed by atoms with Crippen molar-refractivity contribution in [3.63, 3.8) is 0 Å². The summed E-state index contributed by atoms with van der Waals surface area (Å²) in [5.41, 5.74) is -0.664. The fourth-order valence-corrected chi connectivity index (χ4v) is 5.12. The maximum atomic E-state index is 13.1. The predicted molar refractivity (Wildman–Crippen MR) is 85.2 cm³/mol. The monoisotopic (exact) mass is 310 g/mol. The molecule has 3 unspecified atom stereocenters. The van der Waals surface area contributed by atoms with Crippen LogP contribution in [-0.2, 0) is 9.59 Å². The van der Waals surface area contributed by atoms with Crippen LogP contribution in [0.25, 0.3) is 0 Å². The number of rotatable bonds is 4. The number of hydrogen-bond donors (Lipinski definition) is 1. The predicted octanol–water partition coefficient (Wildman–Crippen LogP) is 2.18. The highest BCUT2D eigenvalue weighted by Crippen LogP contribution is 2.44. The maximum absolute atomic E-state index is 13.1. The fourth-order valence-electron chi connectivity index (χ4n) is 3.82. The van der Waals surface area contributed by atoms with Crippen molar-refractivity contribution in [2.75, 3.05) is 12.3 Å². The highest BCUT2D eigenvalue weighted by molar-refractivity contribution is 8.00. The van der Waals surface area contributed by atoms with Gasteiger partial charge >= 0.3 is 0 Å². The van der Waals surface area contributed by atoms with E-state index in [9.17, 15) is 9.59 Å². The Labute approximate surface area is 131 Å². The van der Waals surface area contributed by atoms with Gasteiger partial charge in [-0.05, 0) is 57.6 Å². The van der Waals surface area contributed by atoms with E-state index in [1.165, 1.54) is 12.2 Å². The number of nitrogens with one attached hydrogen (secondary N) is 1. The van der Waals surface area contributed by atoms with E-state index in [4.69, 9.17) is 0 Å². The highest BCUT2D eigenvalue weighted by Gasteiger charge is 2.55. The van der Waals surface area contributed by atoms with Crippen LogP contribution in [0.2, 0.25) is 0 Å². The molecule has 0 aromatic heterocycles. The molecule has 3 atom stereocenters. The number of thioether (sulfide) groups is 1. The first kappa shape index (κ1) is 15.2. The van der Waals surface area contributed by atoms with E-state index in [0.29, 0.717) is 18.9 Å². The number of piperazine rings is 1. The van der Waals surface area contributed by atoms with Gasteiger partial charge in [0.25, 0.3) is 0 Å². The minimum atomic E-state index is -0.664. The first-order valence-corrected chi connectivity index (χ1v) is 9.15. The van der Waals surface area contributed by atoms with Gasteiger partial charge in [-0.15, -0.1) is 0 Å². The lowest BCUT2D eigenvalue weighted by Gasteiger charge is -2.46. The smallest absolute Gasteiger partial charge is 0.249 e. The summed E-state index contributed by atoms with van der Waals surface area (Å²) in [6.45, 7) is 6.87. The van der Waals surface area contributed by atoms with Crippen LogP contribution < -0.4 is 5.32 Å². The highest BCUT2D eigenvalue weighted by atomic mass is 32.2. The average molecular weight is 310 g/mol. The average Bonchev–Trinajstić information content (AvgIpc) is 3.20. The largest absolute Gasteiger partial charge is 0.340 e. The van der Waals surface area contributed by atoms with Gasteiger partial charge in [0.15, 0.2) is 0 Å². The lowest BCUT2D eigenvalue weighted by molar-refractivity contribution is -0.155. The van der Waals surface area contributed by atoms with Gasteiger partial charge in [-0.1, -0.05) is 6.92 Å². The van der Waals surface area contributed by atoms with Crippen LogP contribution >= 0.6 is 11.8 Å². The van der Waals surface area contributed by atoms with E-state index in [1.54, 1.807) is 0 Å². The standard InChI is InChI=1S/C16H26N2O2S/c1-4-12-13(19)17-16(3,11-6-7-11)14(20)18(12)10-15(2)8-5-9-21-15/h11-12H,4-10H2,1-3H3,(H,17,19). The molecule has 0 aromatic carbocycles. The Bertz CT molecular complexity index is 457.